The summed E-state index contributed by atoms with van der Waals surface area (Å²) in [7, 11) is 4.31. The van der Waals surface area contributed by atoms with Crippen LogP contribution in [-0.2, 0) is 24.0 Å². The molecule has 3 N–H and O–H groups in total. The summed E-state index contributed by atoms with van der Waals surface area (Å²) in [6, 6.07) is 27.8. The molecule has 0 aliphatic carbocycles. The van der Waals surface area contributed by atoms with E-state index < -0.39 is 0 Å². The maximum absolute atomic E-state index is 13.9. The van der Waals surface area contributed by atoms with Crippen molar-refractivity contribution in [2.45, 2.75) is 98.1 Å². The molecule has 8 heterocycles. The SMILES string of the molecule is CCCc1cc(C)[nH]c(=O)c1CCC(=O)c1cc(-c2ccc(N3CCN(C)CC3)nc2)cc2c1ccn2C(C)C.Cc1cc(Br)c(N)c(CCC(=O)c2cc(-c3ccc(N4CCN(C)CC4)nc3)cc3c2ccn3C2CCOCC2)c1. The summed E-state index contributed by atoms with van der Waals surface area (Å²) in [5, 5.41) is 1.96. The number of hydrogen-bond donors (Lipinski definition) is 2. The van der Waals surface area contributed by atoms with E-state index in [0.29, 0.717) is 36.6 Å². The van der Waals surface area contributed by atoms with Crippen molar-refractivity contribution in [2.75, 3.05) is 95.2 Å². The number of aryl methyl sites for hydroxylation is 4. The minimum atomic E-state index is -0.0763. The minimum Gasteiger partial charge on any atom is -0.398 e. The molecule has 3 aliphatic heterocycles. The van der Waals surface area contributed by atoms with Crippen molar-refractivity contribution in [1.29, 1.82) is 0 Å². The third kappa shape index (κ3) is 13.1. The summed E-state index contributed by atoms with van der Waals surface area (Å²) >= 11 is 3.56. The molecule has 15 heteroatoms. The lowest BCUT2D eigenvalue weighted by Gasteiger charge is -2.33. The summed E-state index contributed by atoms with van der Waals surface area (Å²) in [6.45, 7) is 20.0. The number of rotatable bonds is 16. The average Bonchev–Trinajstić information content (AvgIpc) is 4.34. The topological polar surface area (TPSA) is 151 Å². The molecule has 3 fully saturated rings. The van der Waals surface area contributed by atoms with Crippen LogP contribution in [0.15, 0.2) is 113 Å². The first-order chi connectivity index (χ1) is 39.1. The van der Waals surface area contributed by atoms with E-state index in [1.165, 1.54) is 0 Å². The van der Waals surface area contributed by atoms with Gasteiger partial charge >= 0.3 is 0 Å². The molecular formula is C66H79BrN10O4. The number of Topliss-reactive ketones (excluding diaryl/α,β-unsaturated/α-hetero) is 2. The number of piperazine rings is 2. The van der Waals surface area contributed by atoms with Crippen molar-refractivity contribution in [1.82, 2.24) is 33.9 Å². The van der Waals surface area contributed by atoms with Gasteiger partial charge in [-0.05, 0) is 190 Å². The summed E-state index contributed by atoms with van der Waals surface area (Å²) in [4.78, 5) is 62.3. The number of hydrogen-bond acceptors (Lipinski definition) is 11. The Bertz CT molecular complexity index is 3580. The number of aromatic nitrogens is 5. The maximum atomic E-state index is 13.9. The van der Waals surface area contributed by atoms with Gasteiger partial charge in [0.25, 0.3) is 5.56 Å². The summed E-state index contributed by atoms with van der Waals surface area (Å²) < 4.78 is 11.1. The third-order valence-corrected chi connectivity index (χ3v) is 17.4. The van der Waals surface area contributed by atoms with Gasteiger partial charge in [-0.25, -0.2) is 9.97 Å². The van der Waals surface area contributed by atoms with Gasteiger partial charge in [0.2, 0.25) is 0 Å². The van der Waals surface area contributed by atoms with Crippen LogP contribution in [0, 0.1) is 13.8 Å². The van der Waals surface area contributed by atoms with E-state index in [2.05, 4.69) is 152 Å². The van der Waals surface area contributed by atoms with Crippen LogP contribution in [0.25, 0.3) is 44.1 Å². The first-order valence-electron chi connectivity index (χ1n) is 29.1. The fraction of sp³-hybridized carbons (Fsp3) is 0.409. The van der Waals surface area contributed by atoms with E-state index in [1.54, 1.807) is 0 Å². The molecule has 0 bridgehead atoms. The van der Waals surface area contributed by atoms with Crippen LogP contribution in [0.3, 0.4) is 0 Å². The molecule has 11 rings (SSSR count). The molecule has 14 nitrogen and oxygen atoms in total. The highest BCUT2D eigenvalue weighted by atomic mass is 79.9. The number of nitrogens with zero attached hydrogens (tertiary/aromatic N) is 8. The van der Waals surface area contributed by atoms with Crippen molar-refractivity contribution >= 4 is 66.6 Å². The number of likely N-dealkylation sites (N-methyl/N-ethyl adjacent to an activating group) is 2. The Morgan fingerprint density at radius 1 is 0.679 bits per heavy atom. The van der Waals surface area contributed by atoms with Crippen LogP contribution in [0.2, 0.25) is 0 Å². The molecule has 0 atom stereocenters. The number of aromatic amines is 1. The molecule has 8 aromatic rings. The highest BCUT2D eigenvalue weighted by Gasteiger charge is 2.24. The standard InChI is InChI=1S/C33H38BrN5O2.C33H41N5O2/c1-22-17-23(33(35)29(34)18-22)3-5-31(40)28-19-25(20-30-27(28)7-10-39(30)26-8-15-41-16-9-26)24-4-6-32(36-21-24)38-13-11-37(2)12-14-38;1-6-7-24-18-23(4)35-33(40)27(24)9-10-31(39)29-19-26(20-30-28(29)12-13-38(30)22(2)3)25-8-11-32(34-21-25)37-16-14-36(5)15-17-37/h4,6-7,10,17-21,26H,3,5,8-9,11-16,35H2,1-2H3;8,11-13,18-22H,6-7,9-10,14-17H2,1-5H3,(H,35,40). The summed E-state index contributed by atoms with van der Waals surface area (Å²) in [5.74, 6) is 2.18. The second kappa shape index (κ2) is 25.5. The molecular weight excluding hydrogens is 1080 g/mol. The lowest BCUT2D eigenvalue weighted by atomic mass is 9.94. The highest BCUT2D eigenvalue weighted by Crippen LogP contribution is 2.36. The van der Waals surface area contributed by atoms with E-state index in [0.717, 1.165) is 185 Å². The second-order valence-corrected chi connectivity index (χ2v) is 23.7. The third-order valence-electron chi connectivity index (χ3n) is 16.7. The van der Waals surface area contributed by atoms with Gasteiger partial charge in [-0.15, -0.1) is 0 Å². The predicted molar refractivity (Wildman–Crippen MR) is 334 cm³/mol. The molecule has 3 saturated heterocycles. The van der Waals surface area contributed by atoms with Gasteiger partial charge in [-0.2, -0.15) is 0 Å². The van der Waals surface area contributed by atoms with E-state index >= 15 is 0 Å². The molecule has 0 amide bonds. The first kappa shape index (κ1) is 57.3. The number of ketones is 2. The number of pyridine rings is 3. The number of nitrogens with one attached hydrogen (secondary N) is 1. The smallest absolute Gasteiger partial charge is 0.251 e. The van der Waals surface area contributed by atoms with Crippen LogP contribution in [0.4, 0.5) is 17.3 Å². The Morgan fingerprint density at radius 3 is 1.79 bits per heavy atom. The lowest BCUT2D eigenvalue weighted by Crippen LogP contribution is -2.44. The Balaban J connectivity index is 0.000000182. The van der Waals surface area contributed by atoms with Crippen molar-refractivity contribution < 1.29 is 14.3 Å². The Hall–Kier alpha value is -6.91. The number of anilines is 3. The molecule has 0 radical (unpaired) electrons. The number of nitrogens with two attached hydrogens (primary N) is 1. The van der Waals surface area contributed by atoms with Gasteiger partial charge in [0, 0.05) is 181 Å². The number of ether oxygens (including phenoxy) is 1. The monoisotopic (exact) mass is 1150 g/mol. The number of H-pyrrole nitrogens is 1. The van der Waals surface area contributed by atoms with Crippen molar-refractivity contribution in [3.8, 4) is 22.3 Å². The largest absolute Gasteiger partial charge is 0.398 e. The molecule has 3 aromatic carbocycles. The zero-order valence-corrected chi connectivity index (χ0v) is 49.9. The van der Waals surface area contributed by atoms with Crippen molar-refractivity contribution in [3.05, 3.63) is 158 Å². The van der Waals surface area contributed by atoms with Crippen molar-refractivity contribution in [2.24, 2.45) is 0 Å². The number of halogens is 1. The maximum Gasteiger partial charge on any atom is 0.251 e. The van der Waals surface area contributed by atoms with E-state index in [4.69, 9.17) is 20.4 Å². The number of carbonyl (C=O) groups excluding carboxylic acids is 2. The predicted octanol–water partition coefficient (Wildman–Crippen LogP) is 12.1. The highest BCUT2D eigenvalue weighted by molar-refractivity contribution is 9.10. The molecule has 0 saturated carbocycles. The number of carbonyl (C=O) groups is 2. The zero-order valence-electron chi connectivity index (χ0n) is 48.4. The number of nitrogen functional groups attached to an aromatic ring is 1. The fourth-order valence-corrected chi connectivity index (χ4v) is 12.6. The van der Waals surface area contributed by atoms with Gasteiger partial charge in [0.05, 0.1) is 0 Å². The van der Waals surface area contributed by atoms with Crippen molar-refractivity contribution in [3.63, 3.8) is 0 Å². The summed E-state index contributed by atoms with van der Waals surface area (Å²) in [6.07, 6.45) is 13.5. The van der Waals surface area contributed by atoms with E-state index in [1.807, 2.05) is 50.5 Å². The first-order valence-corrected chi connectivity index (χ1v) is 29.9. The molecule has 0 spiro atoms. The van der Waals surface area contributed by atoms with E-state index in [9.17, 15) is 14.4 Å². The normalized spacial score (nSPS) is 15.7. The fourth-order valence-electron chi connectivity index (χ4n) is 11.9. The van der Waals surface area contributed by atoms with Gasteiger partial charge in [0.1, 0.15) is 11.6 Å². The van der Waals surface area contributed by atoms with Gasteiger partial charge in [-0.1, -0.05) is 19.4 Å². The summed E-state index contributed by atoms with van der Waals surface area (Å²) in [5.41, 5.74) is 19.4. The van der Waals surface area contributed by atoms with E-state index in [-0.39, 0.29) is 29.6 Å². The second-order valence-electron chi connectivity index (χ2n) is 22.9. The molecule has 3 aliphatic rings. The van der Waals surface area contributed by atoms with Crippen LogP contribution >= 0.6 is 15.9 Å². The molecule has 424 valence electrons. The quantitative estimate of drug-likeness (QED) is 0.0703. The minimum absolute atomic E-state index is 0.0535. The van der Waals surface area contributed by atoms with Crippen LogP contribution in [0.1, 0.15) is 114 Å². The molecule has 5 aromatic heterocycles. The van der Waals surface area contributed by atoms with Gasteiger partial charge < -0.3 is 44.2 Å². The molecule has 81 heavy (non-hydrogen) atoms. The van der Waals surface area contributed by atoms with Crippen LogP contribution < -0.4 is 21.1 Å². The van der Waals surface area contributed by atoms with Crippen LogP contribution in [0.5, 0.6) is 0 Å². The Morgan fingerprint density at radius 2 is 1.23 bits per heavy atom. The Labute approximate surface area is 485 Å². The zero-order chi connectivity index (χ0) is 56.9. The van der Waals surface area contributed by atoms with Crippen LogP contribution in [-0.4, -0.2) is 125 Å². The average molecular weight is 1160 g/mol. The molecule has 0 unspecified atom stereocenters. The van der Waals surface area contributed by atoms with Gasteiger partial charge in [0.15, 0.2) is 11.6 Å². The van der Waals surface area contributed by atoms with Gasteiger partial charge in [-0.3, -0.25) is 14.4 Å². The lowest BCUT2D eigenvalue weighted by molar-refractivity contribution is 0.0707. The number of benzene rings is 3. The number of fused-ring (bicyclic) bond motifs is 2. The Kier molecular flexibility index (Phi) is 18.0.